The monoisotopic (exact) mass is 211 g/mol. The minimum atomic E-state index is -0.440. The number of aromatic nitrogens is 2. The van der Waals surface area contributed by atoms with Crippen molar-refractivity contribution in [2.45, 2.75) is 18.9 Å². The van der Waals surface area contributed by atoms with Crippen LogP contribution >= 0.6 is 0 Å². The predicted molar refractivity (Wildman–Crippen MR) is 56.4 cm³/mol. The third-order valence-electron chi connectivity index (χ3n) is 2.18. The summed E-state index contributed by atoms with van der Waals surface area (Å²) in [7, 11) is 3.41. The van der Waals surface area contributed by atoms with Crippen LogP contribution in [0.25, 0.3) is 0 Å². The highest BCUT2D eigenvalue weighted by Crippen LogP contribution is 2.01. The molecule has 0 amide bonds. The number of ketones is 1. The highest BCUT2D eigenvalue weighted by atomic mass is 16.5. The van der Waals surface area contributed by atoms with Crippen LogP contribution in [0.4, 0.5) is 0 Å². The summed E-state index contributed by atoms with van der Waals surface area (Å²) in [5, 5.41) is 3.99. The van der Waals surface area contributed by atoms with E-state index in [0.717, 1.165) is 5.56 Å². The van der Waals surface area contributed by atoms with Gasteiger partial charge < -0.3 is 10.5 Å². The third-order valence-corrected chi connectivity index (χ3v) is 2.18. The molecule has 0 spiro atoms. The zero-order valence-electron chi connectivity index (χ0n) is 9.14. The molecule has 0 aliphatic rings. The molecule has 5 nitrogen and oxygen atoms in total. The molecule has 1 atom stereocenters. The van der Waals surface area contributed by atoms with Gasteiger partial charge in [-0.15, -0.1) is 0 Å². The van der Waals surface area contributed by atoms with Gasteiger partial charge in [0.2, 0.25) is 0 Å². The summed E-state index contributed by atoms with van der Waals surface area (Å²) >= 11 is 0. The molecule has 2 N–H and O–H groups in total. The standard InChI is InChI=1S/C10H17N3O2/c1-13-7-8(6-12-13)5-10(14)9(11)3-4-15-2/h6-7,9H,3-5,11H2,1-2H3. The summed E-state index contributed by atoms with van der Waals surface area (Å²) in [5.74, 6) is 0.0278. The van der Waals surface area contributed by atoms with E-state index in [2.05, 4.69) is 5.10 Å². The fourth-order valence-electron chi connectivity index (χ4n) is 1.30. The lowest BCUT2D eigenvalue weighted by Crippen LogP contribution is -2.32. The van der Waals surface area contributed by atoms with Gasteiger partial charge in [0, 0.05) is 33.4 Å². The molecule has 1 unspecified atom stereocenters. The average Bonchev–Trinajstić information content (AvgIpc) is 2.60. The molecule has 84 valence electrons. The first-order valence-corrected chi connectivity index (χ1v) is 4.88. The van der Waals surface area contributed by atoms with Gasteiger partial charge in [-0.2, -0.15) is 5.10 Å². The van der Waals surface area contributed by atoms with Crippen molar-refractivity contribution in [3.63, 3.8) is 0 Å². The summed E-state index contributed by atoms with van der Waals surface area (Å²) in [4.78, 5) is 11.6. The Kier molecular flexibility index (Phi) is 4.45. The molecule has 0 fully saturated rings. The molecule has 1 aromatic rings. The summed E-state index contributed by atoms with van der Waals surface area (Å²) in [5.41, 5.74) is 6.60. The van der Waals surface area contributed by atoms with E-state index in [9.17, 15) is 4.79 Å². The van der Waals surface area contributed by atoms with Gasteiger partial charge in [0.15, 0.2) is 5.78 Å². The largest absolute Gasteiger partial charge is 0.385 e. The number of aryl methyl sites for hydroxylation is 1. The molecule has 5 heteroatoms. The van der Waals surface area contributed by atoms with Crippen LogP contribution in [0.2, 0.25) is 0 Å². The maximum Gasteiger partial charge on any atom is 0.154 e. The first-order valence-electron chi connectivity index (χ1n) is 4.88. The summed E-state index contributed by atoms with van der Waals surface area (Å²) in [6, 6.07) is -0.440. The van der Waals surface area contributed by atoms with Crippen LogP contribution in [-0.2, 0) is 23.0 Å². The van der Waals surface area contributed by atoms with Crippen LogP contribution in [0.5, 0.6) is 0 Å². The molecular formula is C10H17N3O2. The maximum atomic E-state index is 11.6. The van der Waals surface area contributed by atoms with Crippen molar-refractivity contribution in [1.29, 1.82) is 0 Å². The highest BCUT2D eigenvalue weighted by Gasteiger charge is 2.14. The van der Waals surface area contributed by atoms with Crippen molar-refractivity contribution in [1.82, 2.24) is 9.78 Å². The topological polar surface area (TPSA) is 70.1 Å². The predicted octanol–water partition coefficient (Wildman–Crippen LogP) is -0.104. The molecule has 15 heavy (non-hydrogen) atoms. The number of carbonyl (C=O) groups excluding carboxylic acids is 1. The fraction of sp³-hybridized carbons (Fsp3) is 0.600. The lowest BCUT2D eigenvalue weighted by Gasteiger charge is -2.08. The van der Waals surface area contributed by atoms with Crippen molar-refractivity contribution in [3.05, 3.63) is 18.0 Å². The minimum absolute atomic E-state index is 0.0278. The van der Waals surface area contributed by atoms with E-state index in [4.69, 9.17) is 10.5 Å². The Balaban J connectivity index is 2.41. The second-order valence-electron chi connectivity index (χ2n) is 3.55. The van der Waals surface area contributed by atoms with Gasteiger partial charge in [0.1, 0.15) is 0 Å². The zero-order chi connectivity index (χ0) is 11.3. The second kappa shape index (κ2) is 5.63. The first kappa shape index (κ1) is 11.9. The quantitative estimate of drug-likeness (QED) is 0.713. The average molecular weight is 211 g/mol. The maximum absolute atomic E-state index is 11.6. The lowest BCUT2D eigenvalue weighted by molar-refractivity contribution is -0.120. The van der Waals surface area contributed by atoms with Gasteiger partial charge in [0.25, 0.3) is 0 Å². The molecule has 1 rings (SSSR count). The van der Waals surface area contributed by atoms with E-state index in [0.29, 0.717) is 19.4 Å². The molecule has 0 saturated carbocycles. The molecule has 0 bridgehead atoms. The van der Waals surface area contributed by atoms with Crippen LogP contribution in [-0.4, -0.2) is 35.3 Å². The SMILES string of the molecule is COCCC(N)C(=O)Cc1cnn(C)c1. The number of carbonyl (C=O) groups is 1. The van der Waals surface area contributed by atoms with Gasteiger partial charge in [-0.25, -0.2) is 0 Å². The molecule has 1 heterocycles. The number of nitrogens with zero attached hydrogens (tertiary/aromatic N) is 2. The Morgan fingerprint density at radius 2 is 2.47 bits per heavy atom. The fourth-order valence-corrected chi connectivity index (χ4v) is 1.30. The zero-order valence-corrected chi connectivity index (χ0v) is 9.14. The van der Waals surface area contributed by atoms with Crippen LogP contribution in [0.3, 0.4) is 0 Å². The van der Waals surface area contributed by atoms with Gasteiger partial charge in [-0.1, -0.05) is 0 Å². The number of rotatable bonds is 6. The van der Waals surface area contributed by atoms with E-state index in [-0.39, 0.29) is 5.78 Å². The Labute approximate surface area is 89.2 Å². The van der Waals surface area contributed by atoms with E-state index in [1.807, 2.05) is 13.2 Å². The number of hydrogen-bond donors (Lipinski definition) is 1. The van der Waals surface area contributed by atoms with Gasteiger partial charge in [-0.3, -0.25) is 9.48 Å². The van der Waals surface area contributed by atoms with Crippen molar-refractivity contribution < 1.29 is 9.53 Å². The van der Waals surface area contributed by atoms with E-state index in [1.165, 1.54) is 0 Å². The van der Waals surface area contributed by atoms with Crippen molar-refractivity contribution in [2.75, 3.05) is 13.7 Å². The molecule has 0 aromatic carbocycles. The van der Waals surface area contributed by atoms with Gasteiger partial charge >= 0.3 is 0 Å². The number of hydrogen-bond acceptors (Lipinski definition) is 4. The normalized spacial score (nSPS) is 12.7. The lowest BCUT2D eigenvalue weighted by atomic mass is 10.1. The summed E-state index contributed by atoms with van der Waals surface area (Å²) in [6.45, 7) is 0.514. The summed E-state index contributed by atoms with van der Waals surface area (Å²) in [6.07, 6.45) is 4.41. The highest BCUT2D eigenvalue weighted by molar-refractivity contribution is 5.85. The van der Waals surface area contributed by atoms with Crippen molar-refractivity contribution >= 4 is 5.78 Å². The minimum Gasteiger partial charge on any atom is -0.385 e. The molecule has 0 saturated heterocycles. The van der Waals surface area contributed by atoms with E-state index >= 15 is 0 Å². The first-order chi connectivity index (χ1) is 7.13. The number of methoxy groups -OCH3 is 1. The molecule has 0 aliphatic heterocycles. The Hall–Kier alpha value is -1.20. The number of nitrogens with two attached hydrogens (primary N) is 1. The van der Waals surface area contributed by atoms with Crippen LogP contribution in [0.1, 0.15) is 12.0 Å². The Morgan fingerprint density at radius 1 is 1.73 bits per heavy atom. The van der Waals surface area contributed by atoms with Crippen molar-refractivity contribution in [3.8, 4) is 0 Å². The van der Waals surface area contributed by atoms with Crippen LogP contribution in [0.15, 0.2) is 12.4 Å². The van der Waals surface area contributed by atoms with Gasteiger partial charge in [0.05, 0.1) is 12.2 Å². The molecular weight excluding hydrogens is 194 g/mol. The van der Waals surface area contributed by atoms with E-state index in [1.54, 1.807) is 18.0 Å². The number of Topliss-reactive ketones (excluding diaryl/α,β-unsaturated/α-hetero) is 1. The Bertz CT molecular complexity index is 322. The number of ether oxygens (including phenoxy) is 1. The summed E-state index contributed by atoms with van der Waals surface area (Å²) < 4.78 is 6.54. The van der Waals surface area contributed by atoms with E-state index < -0.39 is 6.04 Å². The molecule has 1 aromatic heterocycles. The molecule has 0 aliphatic carbocycles. The molecule has 0 radical (unpaired) electrons. The Morgan fingerprint density at radius 3 is 3.00 bits per heavy atom. The smallest absolute Gasteiger partial charge is 0.154 e. The second-order valence-corrected chi connectivity index (χ2v) is 3.55. The van der Waals surface area contributed by atoms with Gasteiger partial charge in [-0.05, 0) is 12.0 Å². The van der Waals surface area contributed by atoms with Crippen LogP contribution < -0.4 is 5.73 Å². The van der Waals surface area contributed by atoms with Crippen LogP contribution in [0, 0.1) is 0 Å². The third kappa shape index (κ3) is 3.81. The van der Waals surface area contributed by atoms with Crippen molar-refractivity contribution in [2.24, 2.45) is 12.8 Å².